The van der Waals surface area contributed by atoms with E-state index in [1.165, 1.54) is 11.9 Å². The van der Waals surface area contributed by atoms with E-state index in [2.05, 4.69) is 11.2 Å². The third kappa shape index (κ3) is 4.83. The molecule has 1 amide bonds. The number of amides is 1. The SMILES string of the molecule is CC(=O)N(N=Cc1ccccc1)c1ccc(C(C#N)c2c(Cl)cccc2Cl)c(Cl)c1. The largest absolute Gasteiger partial charge is 0.273 e. The first-order valence-corrected chi connectivity index (χ1v) is 10.1. The van der Waals surface area contributed by atoms with Crippen molar-refractivity contribution < 1.29 is 4.79 Å². The number of nitriles is 1. The van der Waals surface area contributed by atoms with Crippen LogP contribution in [0.3, 0.4) is 0 Å². The standard InChI is InChI=1S/C23H16Cl3N3O/c1-15(30)29(28-14-16-6-3-2-4-7-16)17-10-11-18(22(26)12-17)19(13-27)23-20(24)8-5-9-21(23)25/h2-12,14,19H,1H3. The molecule has 0 spiro atoms. The summed E-state index contributed by atoms with van der Waals surface area (Å²) < 4.78 is 0. The van der Waals surface area contributed by atoms with Gasteiger partial charge in [-0.25, -0.2) is 5.01 Å². The van der Waals surface area contributed by atoms with Gasteiger partial charge in [0.25, 0.3) is 0 Å². The molecule has 0 aliphatic rings. The molecule has 0 saturated heterocycles. The summed E-state index contributed by atoms with van der Waals surface area (Å²) in [5.41, 5.74) is 2.35. The van der Waals surface area contributed by atoms with E-state index in [9.17, 15) is 10.1 Å². The molecule has 0 fully saturated rings. The summed E-state index contributed by atoms with van der Waals surface area (Å²) in [5.74, 6) is -1.04. The highest BCUT2D eigenvalue weighted by molar-refractivity contribution is 6.36. The normalized spacial score (nSPS) is 11.8. The minimum Gasteiger partial charge on any atom is -0.273 e. The first-order chi connectivity index (χ1) is 14.4. The predicted octanol–water partition coefficient (Wildman–Crippen LogP) is 6.69. The molecule has 1 atom stereocenters. The Hall–Kier alpha value is -2.84. The van der Waals surface area contributed by atoms with Crippen LogP contribution in [0.1, 0.15) is 29.5 Å². The van der Waals surface area contributed by atoms with E-state index in [-0.39, 0.29) is 5.91 Å². The number of hydrazone groups is 1. The van der Waals surface area contributed by atoms with Crippen LogP contribution in [0.4, 0.5) is 5.69 Å². The first-order valence-electron chi connectivity index (χ1n) is 8.95. The number of carbonyl (C=O) groups is 1. The number of hydrogen-bond donors (Lipinski definition) is 0. The van der Waals surface area contributed by atoms with E-state index in [1.54, 1.807) is 42.6 Å². The zero-order chi connectivity index (χ0) is 21.7. The molecular formula is C23H16Cl3N3O. The molecule has 1 unspecified atom stereocenters. The van der Waals surface area contributed by atoms with E-state index in [4.69, 9.17) is 34.8 Å². The van der Waals surface area contributed by atoms with Gasteiger partial charge in [0.15, 0.2) is 0 Å². The van der Waals surface area contributed by atoms with E-state index < -0.39 is 5.92 Å². The van der Waals surface area contributed by atoms with Crippen molar-refractivity contribution in [2.75, 3.05) is 5.01 Å². The maximum atomic E-state index is 12.1. The molecule has 4 nitrogen and oxygen atoms in total. The third-order valence-corrected chi connectivity index (χ3v) is 5.36. The number of nitrogens with zero attached hydrogens (tertiary/aromatic N) is 3. The average Bonchev–Trinajstić information content (AvgIpc) is 2.72. The summed E-state index contributed by atoms with van der Waals surface area (Å²) >= 11 is 19.1. The Morgan fingerprint density at radius 3 is 2.23 bits per heavy atom. The van der Waals surface area contributed by atoms with Crippen molar-refractivity contribution in [1.82, 2.24) is 0 Å². The number of halogens is 3. The summed E-state index contributed by atoms with van der Waals surface area (Å²) in [6, 6.07) is 21.6. The van der Waals surface area contributed by atoms with Crippen LogP contribution in [0, 0.1) is 11.3 Å². The number of rotatable bonds is 5. The van der Waals surface area contributed by atoms with Gasteiger partial charge in [-0.3, -0.25) is 4.79 Å². The van der Waals surface area contributed by atoms with Gasteiger partial charge in [0.05, 0.1) is 18.0 Å². The van der Waals surface area contributed by atoms with Crippen LogP contribution in [0.15, 0.2) is 71.8 Å². The van der Waals surface area contributed by atoms with E-state index >= 15 is 0 Å². The second-order valence-corrected chi connectivity index (χ2v) is 7.61. The fraction of sp³-hybridized carbons (Fsp3) is 0.0870. The van der Waals surface area contributed by atoms with E-state index in [0.717, 1.165) is 5.56 Å². The van der Waals surface area contributed by atoms with Crippen molar-refractivity contribution in [3.63, 3.8) is 0 Å². The minimum absolute atomic E-state index is 0.281. The molecule has 3 rings (SSSR count). The Morgan fingerprint density at radius 2 is 1.67 bits per heavy atom. The highest BCUT2D eigenvalue weighted by atomic mass is 35.5. The summed E-state index contributed by atoms with van der Waals surface area (Å²) in [5, 5.41) is 16.4. The quantitative estimate of drug-likeness (QED) is 0.317. The molecule has 30 heavy (non-hydrogen) atoms. The van der Waals surface area contributed by atoms with Gasteiger partial charge >= 0.3 is 0 Å². The molecule has 0 radical (unpaired) electrons. The monoisotopic (exact) mass is 455 g/mol. The Labute approximate surface area is 189 Å². The molecule has 150 valence electrons. The van der Waals surface area contributed by atoms with Gasteiger partial charge in [0.1, 0.15) is 5.92 Å². The van der Waals surface area contributed by atoms with Crippen LogP contribution in [0.5, 0.6) is 0 Å². The lowest BCUT2D eigenvalue weighted by molar-refractivity contribution is -0.116. The van der Waals surface area contributed by atoms with Crippen LogP contribution in [0.25, 0.3) is 0 Å². The van der Waals surface area contributed by atoms with Gasteiger partial charge in [-0.2, -0.15) is 10.4 Å². The van der Waals surface area contributed by atoms with Crippen molar-refractivity contribution in [3.05, 3.63) is 98.5 Å². The van der Waals surface area contributed by atoms with Crippen molar-refractivity contribution in [2.45, 2.75) is 12.8 Å². The Balaban J connectivity index is 1.98. The summed E-state index contributed by atoms with van der Waals surface area (Å²) in [7, 11) is 0. The number of hydrogen-bond acceptors (Lipinski definition) is 3. The van der Waals surface area contributed by atoms with Crippen molar-refractivity contribution in [1.29, 1.82) is 5.26 Å². The Kier molecular flexibility index (Phi) is 7.12. The Morgan fingerprint density at radius 1 is 1.00 bits per heavy atom. The summed E-state index contributed by atoms with van der Waals surface area (Å²) in [6.07, 6.45) is 1.59. The third-order valence-electron chi connectivity index (χ3n) is 4.38. The fourth-order valence-electron chi connectivity index (χ4n) is 2.95. The molecule has 3 aromatic rings. The van der Waals surface area contributed by atoms with Gasteiger partial charge in [0.2, 0.25) is 5.91 Å². The molecule has 0 bridgehead atoms. The van der Waals surface area contributed by atoms with Crippen LogP contribution < -0.4 is 5.01 Å². The minimum atomic E-state index is -0.758. The van der Waals surface area contributed by atoms with Crippen LogP contribution in [-0.2, 0) is 4.79 Å². The fourth-order valence-corrected chi connectivity index (χ4v) is 3.85. The van der Waals surface area contributed by atoms with Gasteiger partial charge in [-0.05, 0) is 35.4 Å². The highest BCUT2D eigenvalue weighted by Crippen LogP contribution is 2.39. The van der Waals surface area contributed by atoms with Gasteiger partial charge < -0.3 is 0 Å². The van der Waals surface area contributed by atoms with Gasteiger partial charge in [-0.1, -0.05) is 77.3 Å². The second kappa shape index (κ2) is 9.77. The zero-order valence-electron chi connectivity index (χ0n) is 15.9. The molecule has 0 N–H and O–H groups in total. The lowest BCUT2D eigenvalue weighted by atomic mass is 9.92. The van der Waals surface area contributed by atoms with Crippen molar-refractivity contribution >= 4 is 52.6 Å². The lowest BCUT2D eigenvalue weighted by Crippen LogP contribution is -2.22. The molecule has 0 heterocycles. The van der Waals surface area contributed by atoms with Crippen LogP contribution >= 0.6 is 34.8 Å². The summed E-state index contributed by atoms with van der Waals surface area (Å²) in [6.45, 7) is 1.41. The van der Waals surface area contributed by atoms with Crippen molar-refractivity contribution in [3.8, 4) is 6.07 Å². The maximum Gasteiger partial charge on any atom is 0.244 e. The zero-order valence-corrected chi connectivity index (χ0v) is 18.2. The molecule has 0 aromatic heterocycles. The second-order valence-electron chi connectivity index (χ2n) is 6.39. The molecule has 0 aliphatic heterocycles. The molecular weight excluding hydrogens is 441 g/mol. The summed E-state index contributed by atoms with van der Waals surface area (Å²) in [4.78, 5) is 12.1. The highest BCUT2D eigenvalue weighted by Gasteiger charge is 2.23. The number of anilines is 1. The first kappa shape index (κ1) is 21.9. The molecule has 3 aromatic carbocycles. The topological polar surface area (TPSA) is 56.5 Å². The smallest absolute Gasteiger partial charge is 0.244 e. The number of benzene rings is 3. The van der Waals surface area contributed by atoms with E-state index in [1.807, 2.05) is 30.3 Å². The van der Waals surface area contributed by atoms with Crippen molar-refractivity contribution in [2.24, 2.45) is 5.10 Å². The molecule has 0 saturated carbocycles. The maximum absolute atomic E-state index is 12.1. The van der Waals surface area contributed by atoms with Gasteiger partial charge in [-0.15, -0.1) is 0 Å². The van der Waals surface area contributed by atoms with Gasteiger partial charge in [0, 0.05) is 27.6 Å². The molecule has 7 heteroatoms. The lowest BCUT2D eigenvalue weighted by Gasteiger charge is -2.19. The molecule has 0 aliphatic carbocycles. The van der Waals surface area contributed by atoms with E-state index in [0.29, 0.717) is 31.9 Å². The Bertz CT molecular complexity index is 1120. The number of carbonyl (C=O) groups excluding carboxylic acids is 1. The predicted molar refractivity (Wildman–Crippen MR) is 123 cm³/mol. The van der Waals surface area contributed by atoms with Crippen LogP contribution in [-0.4, -0.2) is 12.1 Å². The van der Waals surface area contributed by atoms with Crippen LogP contribution in [0.2, 0.25) is 15.1 Å². The average molecular weight is 457 g/mol.